The van der Waals surface area contributed by atoms with Crippen LogP contribution in [0.2, 0.25) is 51.4 Å². The summed E-state index contributed by atoms with van der Waals surface area (Å²) in [7, 11) is -2.13. The van der Waals surface area contributed by atoms with Crippen molar-refractivity contribution in [1.29, 1.82) is 0 Å². The Hall–Kier alpha value is 0.114. The molecule has 0 rings (SSSR count). The van der Waals surface area contributed by atoms with Crippen LogP contribution in [0.5, 0.6) is 0 Å². The highest BCUT2D eigenvalue weighted by molar-refractivity contribution is 6.76. The van der Waals surface area contributed by atoms with Crippen LogP contribution in [0, 0.1) is 0 Å². The topological polar surface area (TPSA) is 106 Å². The molecule has 10 heteroatoms. The van der Waals surface area contributed by atoms with Gasteiger partial charge < -0.3 is 29.9 Å². The van der Waals surface area contributed by atoms with E-state index >= 15 is 0 Å². The molecule has 0 aromatic heterocycles. The first-order valence-corrected chi connectivity index (χ1v) is 21.0. The zero-order valence-corrected chi connectivity index (χ0v) is 25.7. The second kappa shape index (κ2) is 20.1. The molecule has 2 atom stereocenters. The fraction of sp³-hybridized carbons (Fsp3) is 1.00. The van der Waals surface area contributed by atoms with Crippen LogP contribution in [-0.4, -0.2) is 137 Å². The number of aliphatic hydroxyl groups is 4. The van der Waals surface area contributed by atoms with Crippen molar-refractivity contribution in [2.75, 3.05) is 78.9 Å². The molecule has 0 aromatic rings. The van der Waals surface area contributed by atoms with Crippen molar-refractivity contribution < 1.29 is 29.9 Å². The minimum atomic E-state index is -1.07. The van der Waals surface area contributed by atoms with Gasteiger partial charge in [-0.25, -0.2) is 0 Å². The predicted octanol–water partition coefficient (Wildman–Crippen LogP) is 2.18. The van der Waals surface area contributed by atoms with Crippen molar-refractivity contribution in [2.45, 2.75) is 82.8 Å². The Morgan fingerprint density at radius 2 is 1.00 bits per heavy atom. The van der Waals surface area contributed by atoms with E-state index in [2.05, 4.69) is 44.2 Å². The number of aliphatic hydroxyl groups excluding tert-OH is 4. The van der Waals surface area contributed by atoms with Gasteiger partial charge in [0, 0.05) is 55.5 Å². The third-order valence-electron chi connectivity index (χ3n) is 5.77. The van der Waals surface area contributed by atoms with Gasteiger partial charge in [-0.3, -0.25) is 9.80 Å². The molecule has 4 N–H and O–H groups in total. The van der Waals surface area contributed by atoms with Crippen molar-refractivity contribution in [3.63, 3.8) is 0 Å². The maximum absolute atomic E-state index is 10.5. The van der Waals surface area contributed by atoms with Crippen LogP contribution in [0.3, 0.4) is 0 Å². The van der Waals surface area contributed by atoms with Crippen molar-refractivity contribution in [3.05, 3.63) is 0 Å². The quantitative estimate of drug-likeness (QED) is 0.109. The van der Waals surface area contributed by atoms with Gasteiger partial charge in [-0.15, -0.1) is 0 Å². The van der Waals surface area contributed by atoms with Gasteiger partial charge in [0.15, 0.2) is 0 Å². The summed E-state index contributed by atoms with van der Waals surface area (Å²) in [5.41, 5.74) is 0. The summed E-state index contributed by atoms with van der Waals surface area (Å²) in [6.45, 7) is 19.5. The molecule has 0 radical (unpaired) electrons. The third-order valence-corrected chi connectivity index (χ3v) is 9.48. The first kappa shape index (κ1) is 35.1. The maximum Gasteiger partial charge on any atom is 0.0900 e. The van der Waals surface area contributed by atoms with E-state index < -0.39 is 28.4 Å². The van der Waals surface area contributed by atoms with Crippen LogP contribution in [0.4, 0.5) is 0 Å². The van der Waals surface area contributed by atoms with Crippen LogP contribution < -0.4 is 0 Å². The molecule has 0 amide bonds. The highest BCUT2D eigenvalue weighted by Gasteiger charge is 2.18. The lowest BCUT2D eigenvalue weighted by atomic mass is 10.2. The Balaban J connectivity index is 4.55. The Labute approximate surface area is 217 Å². The summed E-state index contributed by atoms with van der Waals surface area (Å²) >= 11 is 0. The molecule has 0 bridgehead atoms. The lowest BCUT2D eigenvalue weighted by Gasteiger charge is -2.28. The number of ether oxygens (including phenoxy) is 2. The van der Waals surface area contributed by atoms with E-state index in [-0.39, 0.29) is 13.2 Å². The molecule has 8 nitrogen and oxygen atoms in total. The summed E-state index contributed by atoms with van der Waals surface area (Å²) in [5.74, 6) is 0. The fourth-order valence-electron chi connectivity index (χ4n) is 3.94. The summed E-state index contributed by atoms with van der Waals surface area (Å²) in [5, 5.41) is 39.5. The first-order valence-electron chi connectivity index (χ1n) is 13.5. The highest BCUT2D eigenvalue weighted by Crippen LogP contribution is 2.12. The molecule has 0 spiro atoms. The SMILES string of the molecule is C[Si](C)(C)CCCOCC(O)CN(CCCN(CCO)CCO)CC(O)COCCC[Si](C)(C)C. The van der Waals surface area contributed by atoms with E-state index in [1.165, 1.54) is 12.1 Å². The van der Waals surface area contributed by atoms with E-state index in [9.17, 15) is 20.4 Å². The minimum absolute atomic E-state index is 0.0607. The predicted molar refractivity (Wildman–Crippen MR) is 151 cm³/mol. The summed E-state index contributed by atoms with van der Waals surface area (Å²) in [6.07, 6.45) is 1.65. The van der Waals surface area contributed by atoms with E-state index in [4.69, 9.17) is 9.47 Å². The van der Waals surface area contributed by atoms with E-state index in [1.807, 2.05) is 4.90 Å². The second-order valence-corrected chi connectivity index (χ2v) is 23.4. The number of nitrogens with zero attached hydrogens (tertiary/aromatic N) is 2. The van der Waals surface area contributed by atoms with E-state index in [1.54, 1.807) is 0 Å². The average molecular weight is 539 g/mol. The normalized spacial score (nSPS) is 14.7. The molecule has 0 aliphatic heterocycles. The zero-order valence-electron chi connectivity index (χ0n) is 23.7. The molecule has 0 aromatic carbocycles. The molecule has 212 valence electrons. The van der Waals surface area contributed by atoms with Gasteiger partial charge in [-0.05, 0) is 32.4 Å². The number of rotatable bonds is 24. The smallest absolute Gasteiger partial charge is 0.0900 e. The molecule has 0 aliphatic carbocycles. The van der Waals surface area contributed by atoms with Crippen molar-refractivity contribution in [3.8, 4) is 0 Å². The van der Waals surface area contributed by atoms with Crippen LogP contribution in [0.1, 0.15) is 19.3 Å². The standard InChI is InChI=1S/C25H58N2O6Si2/c1-34(2,3)18-8-16-32-22-24(30)20-27(11-7-10-26(12-14-28)13-15-29)21-25(31)23-33-17-9-19-35(4,5)6/h24-25,28-31H,7-23H2,1-6H3. The summed E-state index contributed by atoms with van der Waals surface area (Å²) in [4.78, 5) is 4.09. The number of hydrogen-bond acceptors (Lipinski definition) is 8. The van der Waals surface area contributed by atoms with E-state index in [0.29, 0.717) is 59.2 Å². The average Bonchev–Trinajstić information content (AvgIpc) is 2.71. The lowest BCUT2D eigenvalue weighted by Crippen LogP contribution is -2.42. The molecule has 0 saturated carbocycles. The molecule has 2 unspecified atom stereocenters. The van der Waals surface area contributed by atoms with Crippen LogP contribution >= 0.6 is 0 Å². The zero-order chi connectivity index (χ0) is 26.7. The van der Waals surface area contributed by atoms with Gasteiger partial charge in [0.2, 0.25) is 0 Å². The number of hydrogen-bond donors (Lipinski definition) is 4. The summed E-state index contributed by atoms with van der Waals surface area (Å²) < 4.78 is 11.4. The van der Waals surface area contributed by atoms with Gasteiger partial charge in [0.05, 0.1) is 38.6 Å². The largest absolute Gasteiger partial charge is 0.395 e. The molecular formula is C25H58N2O6Si2. The van der Waals surface area contributed by atoms with Crippen molar-refractivity contribution in [1.82, 2.24) is 9.80 Å². The maximum atomic E-state index is 10.5. The van der Waals surface area contributed by atoms with E-state index in [0.717, 1.165) is 25.8 Å². The van der Waals surface area contributed by atoms with Crippen LogP contribution in [0.15, 0.2) is 0 Å². The Bertz CT molecular complexity index is 454. The van der Waals surface area contributed by atoms with Crippen LogP contribution in [-0.2, 0) is 9.47 Å². The third kappa shape index (κ3) is 24.2. The highest BCUT2D eigenvalue weighted by atomic mass is 28.3. The molecule has 0 heterocycles. The van der Waals surface area contributed by atoms with Gasteiger partial charge >= 0.3 is 0 Å². The fourth-order valence-corrected chi connectivity index (χ4v) is 6.35. The van der Waals surface area contributed by atoms with Gasteiger partial charge in [0.25, 0.3) is 0 Å². The van der Waals surface area contributed by atoms with Gasteiger partial charge in [-0.1, -0.05) is 51.4 Å². The van der Waals surface area contributed by atoms with Crippen molar-refractivity contribution in [2.24, 2.45) is 0 Å². The molecule has 0 aliphatic rings. The molecule has 0 saturated heterocycles. The molecular weight excluding hydrogens is 480 g/mol. The van der Waals surface area contributed by atoms with Crippen LogP contribution in [0.25, 0.3) is 0 Å². The van der Waals surface area contributed by atoms with Crippen molar-refractivity contribution >= 4 is 16.1 Å². The first-order chi connectivity index (χ1) is 16.4. The Kier molecular flexibility index (Phi) is 20.2. The second-order valence-electron chi connectivity index (χ2n) is 12.2. The minimum Gasteiger partial charge on any atom is -0.395 e. The monoisotopic (exact) mass is 538 g/mol. The lowest BCUT2D eigenvalue weighted by molar-refractivity contribution is -0.0107. The Morgan fingerprint density at radius 1 is 0.600 bits per heavy atom. The Morgan fingerprint density at radius 3 is 1.37 bits per heavy atom. The van der Waals surface area contributed by atoms with Gasteiger partial charge in [-0.2, -0.15) is 0 Å². The molecule has 35 heavy (non-hydrogen) atoms. The van der Waals surface area contributed by atoms with Gasteiger partial charge in [0.1, 0.15) is 0 Å². The molecule has 0 fully saturated rings. The summed E-state index contributed by atoms with van der Waals surface area (Å²) in [6, 6.07) is 2.44.